The van der Waals surface area contributed by atoms with Crippen LogP contribution in [0.3, 0.4) is 0 Å². The van der Waals surface area contributed by atoms with E-state index in [0.717, 1.165) is 57.0 Å². The Kier molecular flexibility index (Phi) is 7.80. The van der Waals surface area contributed by atoms with Crippen molar-refractivity contribution >= 4 is 16.7 Å². The molecule has 0 spiro atoms. The molecule has 2 aromatic carbocycles. The van der Waals surface area contributed by atoms with Crippen LogP contribution < -0.4 is 4.74 Å². The first kappa shape index (κ1) is 26.0. The number of ether oxygens (including phenoxy) is 2. The molecule has 0 bridgehead atoms. The van der Waals surface area contributed by atoms with Crippen LogP contribution in [0.15, 0.2) is 30.3 Å². The fourth-order valence-electron chi connectivity index (χ4n) is 6.02. The van der Waals surface area contributed by atoms with E-state index in [1.54, 1.807) is 0 Å². The molecule has 0 radical (unpaired) electrons. The van der Waals surface area contributed by atoms with Crippen molar-refractivity contribution in [2.45, 2.75) is 92.7 Å². The summed E-state index contributed by atoms with van der Waals surface area (Å²) >= 11 is 0. The lowest BCUT2D eigenvalue weighted by molar-refractivity contribution is -0.157. The van der Waals surface area contributed by atoms with E-state index in [1.165, 1.54) is 34.7 Å². The summed E-state index contributed by atoms with van der Waals surface area (Å²) in [7, 11) is 0. The summed E-state index contributed by atoms with van der Waals surface area (Å²) in [5.74, 6) is 1.79. The third kappa shape index (κ3) is 5.85. The molecule has 2 fully saturated rings. The Labute approximate surface area is 212 Å². The van der Waals surface area contributed by atoms with E-state index in [4.69, 9.17) is 9.47 Å². The molecule has 4 heteroatoms. The van der Waals surface area contributed by atoms with Crippen LogP contribution in [0.2, 0.25) is 0 Å². The summed E-state index contributed by atoms with van der Waals surface area (Å²) in [6, 6.07) is 11.0. The number of aryl methyl sites for hydroxylation is 1. The van der Waals surface area contributed by atoms with Crippen LogP contribution in [0.25, 0.3) is 10.8 Å². The second kappa shape index (κ2) is 10.5. The van der Waals surface area contributed by atoms with Gasteiger partial charge in [-0.05, 0) is 106 Å². The van der Waals surface area contributed by atoms with E-state index in [1.807, 2.05) is 6.92 Å². The standard InChI is InChI=1S/C31H45NO3/c1-7-34-29(33)31(6)16-18-32(19-17-31)21-27-26-11-9-8-10-25(26)22(2)20-28(27)35-24-14-12-23(13-15-24)30(3,4)5/h8-11,20,23-24H,7,12-19,21H2,1-6H3. The average molecular weight is 480 g/mol. The van der Waals surface area contributed by atoms with Gasteiger partial charge in [0.05, 0.1) is 18.1 Å². The van der Waals surface area contributed by atoms with Crippen molar-refractivity contribution in [3.8, 4) is 5.75 Å². The molecule has 0 unspecified atom stereocenters. The minimum atomic E-state index is -0.368. The predicted octanol–water partition coefficient (Wildman–Crippen LogP) is 7.30. The van der Waals surface area contributed by atoms with Crippen molar-refractivity contribution in [1.82, 2.24) is 4.90 Å². The van der Waals surface area contributed by atoms with Gasteiger partial charge in [0.15, 0.2) is 0 Å². The highest BCUT2D eigenvalue weighted by Gasteiger charge is 2.38. The molecule has 0 aromatic heterocycles. The molecule has 1 saturated carbocycles. The van der Waals surface area contributed by atoms with Gasteiger partial charge < -0.3 is 9.47 Å². The van der Waals surface area contributed by atoms with E-state index >= 15 is 0 Å². The summed E-state index contributed by atoms with van der Waals surface area (Å²) in [6.07, 6.45) is 6.72. The third-order valence-electron chi connectivity index (χ3n) is 8.62. The van der Waals surface area contributed by atoms with E-state index in [-0.39, 0.29) is 11.4 Å². The molecular formula is C31H45NO3. The Hall–Kier alpha value is -2.07. The van der Waals surface area contributed by atoms with Crippen molar-refractivity contribution in [3.05, 3.63) is 41.5 Å². The minimum absolute atomic E-state index is 0.0460. The average Bonchev–Trinajstić information content (AvgIpc) is 2.83. The maximum Gasteiger partial charge on any atom is 0.311 e. The topological polar surface area (TPSA) is 38.8 Å². The highest BCUT2D eigenvalue weighted by atomic mass is 16.5. The second-order valence-corrected chi connectivity index (χ2v) is 12.2. The maximum absolute atomic E-state index is 12.5. The van der Waals surface area contributed by atoms with Crippen LogP contribution in [0.4, 0.5) is 0 Å². The van der Waals surface area contributed by atoms with Gasteiger partial charge in [0, 0.05) is 12.1 Å². The molecule has 0 atom stereocenters. The fraction of sp³-hybridized carbons (Fsp3) is 0.645. The first-order chi connectivity index (χ1) is 16.6. The number of likely N-dealkylation sites (tertiary alicyclic amines) is 1. The van der Waals surface area contributed by atoms with Crippen LogP contribution in [0.5, 0.6) is 5.75 Å². The lowest BCUT2D eigenvalue weighted by Gasteiger charge is -2.38. The van der Waals surface area contributed by atoms with Gasteiger partial charge >= 0.3 is 5.97 Å². The van der Waals surface area contributed by atoms with Gasteiger partial charge in [-0.25, -0.2) is 0 Å². The molecule has 0 N–H and O–H groups in total. The van der Waals surface area contributed by atoms with Gasteiger partial charge in [-0.3, -0.25) is 9.69 Å². The Morgan fingerprint density at radius 2 is 1.69 bits per heavy atom. The molecule has 192 valence electrons. The molecule has 4 rings (SSSR count). The SMILES string of the molecule is CCOC(=O)C1(C)CCN(Cc2c(OC3CCC(C(C)(C)C)CC3)cc(C)c3ccccc23)CC1. The minimum Gasteiger partial charge on any atom is -0.490 e. The predicted molar refractivity (Wildman–Crippen MR) is 144 cm³/mol. The number of esters is 1. The van der Waals surface area contributed by atoms with Gasteiger partial charge in [0.1, 0.15) is 5.75 Å². The number of hydrogen-bond acceptors (Lipinski definition) is 4. The summed E-state index contributed by atoms with van der Waals surface area (Å²) in [5.41, 5.74) is 2.58. The fourth-order valence-corrected chi connectivity index (χ4v) is 6.02. The van der Waals surface area contributed by atoms with Crippen LogP contribution in [-0.4, -0.2) is 36.7 Å². The van der Waals surface area contributed by atoms with Crippen molar-refractivity contribution < 1.29 is 14.3 Å². The summed E-state index contributed by atoms with van der Waals surface area (Å²) in [6.45, 7) is 16.3. The molecule has 35 heavy (non-hydrogen) atoms. The number of nitrogens with zero attached hydrogens (tertiary/aromatic N) is 1. The number of carbonyl (C=O) groups excluding carboxylic acids is 1. The van der Waals surface area contributed by atoms with Crippen LogP contribution in [0.1, 0.15) is 84.3 Å². The number of carbonyl (C=O) groups is 1. The van der Waals surface area contributed by atoms with Gasteiger partial charge in [0.2, 0.25) is 0 Å². The maximum atomic E-state index is 12.5. The van der Waals surface area contributed by atoms with Crippen LogP contribution >= 0.6 is 0 Å². The van der Waals surface area contributed by atoms with Gasteiger partial charge in [-0.2, -0.15) is 0 Å². The monoisotopic (exact) mass is 479 g/mol. The smallest absolute Gasteiger partial charge is 0.311 e. The van der Waals surface area contributed by atoms with Crippen molar-refractivity contribution in [2.75, 3.05) is 19.7 Å². The van der Waals surface area contributed by atoms with Gasteiger partial charge in [-0.15, -0.1) is 0 Å². The number of fused-ring (bicyclic) bond motifs is 1. The van der Waals surface area contributed by atoms with Gasteiger partial charge in [0.25, 0.3) is 0 Å². The number of piperidine rings is 1. The Bertz CT molecular complexity index is 1020. The summed E-state index contributed by atoms with van der Waals surface area (Å²) < 4.78 is 12.2. The highest BCUT2D eigenvalue weighted by molar-refractivity contribution is 5.90. The number of benzene rings is 2. The highest BCUT2D eigenvalue weighted by Crippen LogP contribution is 2.41. The molecule has 1 aliphatic carbocycles. The van der Waals surface area contributed by atoms with Crippen LogP contribution in [-0.2, 0) is 16.1 Å². The van der Waals surface area contributed by atoms with Crippen molar-refractivity contribution in [3.63, 3.8) is 0 Å². The molecule has 1 aliphatic heterocycles. The largest absolute Gasteiger partial charge is 0.490 e. The number of hydrogen-bond donors (Lipinski definition) is 0. The van der Waals surface area contributed by atoms with Crippen molar-refractivity contribution in [1.29, 1.82) is 0 Å². The zero-order valence-electron chi connectivity index (χ0n) is 22.8. The van der Waals surface area contributed by atoms with E-state index in [9.17, 15) is 4.79 Å². The Balaban J connectivity index is 1.53. The van der Waals surface area contributed by atoms with Gasteiger partial charge in [-0.1, -0.05) is 45.0 Å². The molecule has 2 aromatic rings. The Morgan fingerprint density at radius 1 is 1.06 bits per heavy atom. The quantitative estimate of drug-likeness (QED) is 0.408. The first-order valence-electron chi connectivity index (χ1n) is 13.7. The molecule has 1 saturated heterocycles. The first-order valence-corrected chi connectivity index (χ1v) is 13.7. The van der Waals surface area contributed by atoms with Crippen molar-refractivity contribution in [2.24, 2.45) is 16.7 Å². The third-order valence-corrected chi connectivity index (χ3v) is 8.62. The zero-order chi connectivity index (χ0) is 25.2. The lowest BCUT2D eigenvalue weighted by atomic mass is 9.72. The molecule has 1 heterocycles. The zero-order valence-corrected chi connectivity index (χ0v) is 22.8. The molecule has 2 aliphatic rings. The second-order valence-electron chi connectivity index (χ2n) is 12.2. The summed E-state index contributed by atoms with van der Waals surface area (Å²) in [5, 5.41) is 2.60. The summed E-state index contributed by atoms with van der Waals surface area (Å²) in [4.78, 5) is 15.0. The normalized spacial score (nSPS) is 23.3. The van der Waals surface area contributed by atoms with Crippen LogP contribution in [0, 0.1) is 23.7 Å². The van der Waals surface area contributed by atoms with E-state index in [0.29, 0.717) is 18.1 Å². The molecular weight excluding hydrogens is 434 g/mol. The Morgan fingerprint density at radius 3 is 2.29 bits per heavy atom. The molecule has 4 nitrogen and oxygen atoms in total. The molecule has 0 amide bonds. The van der Waals surface area contributed by atoms with E-state index in [2.05, 4.69) is 69.9 Å². The number of rotatable bonds is 6. The lowest BCUT2D eigenvalue weighted by Crippen LogP contribution is -2.43. The van der Waals surface area contributed by atoms with E-state index < -0.39 is 0 Å².